The van der Waals surface area contributed by atoms with E-state index >= 15 is 0 Å². The summed E-state index contributed by atoms with van der Waals surface area (Å²) >= 11 is 0. The second kappa shape index (κ2) is 3.69. The van der Waals surface area contributed by atoms with Crippen LogP contribution in [-0.4, -0.2) is 16.1 Å². The van der Waals surface area contributed by atoms with Gasteiger partial charge in [0.25, 0.3) is 0 Å². The van der Waals surface area contributed by atoms with Crippen LogP contribution in [-0.2, 0) is 7.05 Å². The van der Waals surface area contributed by atoms with Crippen LogP contribution in [0.15, 0.2) is 30.5 Å². The van der Waals surface area contributed by atoms with Gasteiger partial charge in [-0.25, -0.2) is 0 Å². The van der Waals surface area contributed by atoms with Crippen LogP contribution in [0.1, 0.15) is 15.9 Å². The number of aldehydes is 1. The van der Waals surface area contributed by atoms with Crippen LogP contribution in [0.2, 0.25) is 0 Å². The van der Waals surface area contributed by atoms with Crippen LogP contribution < -0.4 is 0 Å². The van der Waals surface area contributed by atoms with Crippen molar-refractivity contribution in [3.05, 3.63) is 41.6 Å². The van der Waals surface area contributed by atoms with E-state index in [2.05, 4.69) is 5.10 Å². The third kappa shape index (κ3) is 1.68. The van der Waals surface area contributed by atoms with Gasteiger partial charge in [0.2, 0.25) is 0 Å². The highest BCUT2D eigenvalue weighted by Gasteiger charge is 2.10. The minimum Gasteiger partial charge on any atom is -0.298 e. The van der Waals surface area contributed by atoms with Crippen molar-refractivity contribution < 1.29 is 4.79 Å². The first-order chi connectivity index (χ1) is 7.22. The van der Waals surface area contributed by atoms with Gasteiger partial charge in [0, 0.05) is 18.8 Å². The molecule has 1 heterocycles. The van der Waals surface area contributed by atoms with Gasteiger partial charge < -0.3 is 0 Å². The summed E-state index contributed by atoms with van der Waals surface area (Å²) in [4.78, 5) is 10.9. The van der Waals surface area contributed by atoms with E-state index in [0.29, 0.717) is 5.56 Å². The first-order valence-electron chi connectivity index (χ1n) is 4.77. The van der Waals surface area contributed by atoms with Crippen molar-refractivity contribution in [2.24, 2.45) is 7.05 Å². The van der Waals surface area contributed by atoms with Crippen molar-refractivity contribution >= 4 is 6.29 Å². The van der Waals surface area contributed by atoms with E-state index in [1.54, 1.807) is 10.9 Å². The maximum absolute atomic E-state index is 10.9. The number of hydrogen-bond acceptors (Lipinski definition) is 2. The van der Waals surface area contributed by atoms with Gasteiger partial charge >= 0.3 is 0 Å². The zero-order valence-electron chi connectivity index (χ0n) is 8.77. The van der Waals surface area contributed by atoms with Gasteiger partial charge in [-0.2, -0.15) is 5.10 Å². The molecule has 3 heteroatoms. The molecule has 3 nitrogen and oxygen atoms in total. The number of carbonyl (C=O) groups excluding carboxylic acids is 1. The fraction of sp³-hybridized carbons (Fsp3) is 0.167. The highest BCUT2D eigenvalue weighted by Crippen LogP contribution is 2.23. The average molecular weight is 200 g/mol. The molecule has 0 saturated carbocycles. The Morgan fingerprint density at radius 1 is 1.33 bits per heavy atom. The minimum absolute atomic E-state index is 0.631. The van der Waals surface area contributed by atoms with E-state index in [0.717, 1.165) is 23.1 Å². The topological polar surface area (TPSA) is 34.9 Å². The standard InChI is InChI=1S/C12H12N2O/c1-9-5-3-4-6-11(9)12-10(8-15)7-14(2)13-12/h3-8H,1-2H3. The Balaban J connectivity index is 2.63. The lowest BCUT2D eigenvalue weighted by Crippen LogP contribution is -1.89. The molecule has 0 aliphatic rings. The molecule has 1 aromatic heterocycles. The summed E-state index contributed by atoms with van der Waals surface area (Å²) in [7, 11) is 1.81. The van der Waals surface area contributed by atoms with E-state index in [9.17, 15) is 4.79 Å². The highest BCUT2D eigenvalue weighted by molar-refractivity contribution is 5.86. The van der Waals surface area contributed by atoms with Gasteiger partial charge in [-0.05, 0) is 12.5 Å². The van der Waals surface area contributed by atoms with Crippen molar-refractivity contribution in [3.63, 3.8) is 0 Å². The number of rotatable bonds is 2. The Morgan fingerprint density at radius 3 is 2.73 bits per heavy atom. The average Bonchev–Trinajstić information content (AvgIpc) is 2.60. The molecule has 0 fully saturated rings. The number of hydrogen-bond donors (Lipinski definition) is 0. The Morgan fingerprint density at radius 2 is 2.07 bits per heavy atom. The van der Waals surface area contributed by atoms with E-state index in [-0.39, 0.29) is 0 Å². The Hall–Kier alpha value is -1.90. The quantitative estimate of drug-likeness (QED) is 0.696. The molecule has 0 N–H and O–H groups in total. The highest BCUT2D eigenvalue weighted by atomic mass is 16.1. The molecule has 0 aliphatic carbocycles. The second-order valence-electron chi connectivity index (χ2n) is 3.54. The zero-order valence-corrected chi connectivity index (χ0v) is 8.77. The Kier molecular flexibility index (Phi) is 2.37. The molecule has 76 valence electrons. The predicted molar refractivity (Wildman–Crippen MR) is 58.8 cm³/mol. The molecule has 0 atom stereocenters. The summed E-state index contributed by atoms with van der Waals surface area (Å²) in [6, 6.07) is 7.91. The monoisotopic (exact) mass is 200 g/mol. The molecule has 0 bridgehead atoms. The third-order valence-corrected chi connectivity index (χ3v) is 2.38. The lowest BCUT2D eigenvalue weighted by atomic mass is 10.0. The summed E-state index contributed by atoms with van der Waals surface area (Å²) in [6.45, 7) is 2.01. The molecule has 0 amide bonds. The summed E-state index contributed by atoms with van der Waals surface area (Å²) in [5.41, 5.74) is 3.52. The molecule has 0 aliphatic heterocycles. The van der Waals surface area contributed by atoms with E-state index < -0.39 is 0 Å². The lowest BCUT2D eigenvalue weighted by Gasteiger charge is -2.01. The lowest BCUT2D eigenvalue weighted by molar-refractivity contribution is 0.112. The second-order valence-corrected chi connectivity index (χ2v) is 3.54. The van der Waals surface area contributed by atoms with Crippen molar-refractivity contribution in [2.45, 2.75) is 6.92 Å². The Bertz CT molecular complexity index is 500. The van der Waals surface area contributed by atoms with Gasteiger partial charge in [0.05, 0.1) is 5.56 Å². The number of nitrogens with zero attached hydrogens (tertiary/aromatic N) is 2. The fourth-order valence-electron chi connectivity index (χ4n) is 1.64. The van der Waals surface area contributed by atoms with Crippen LogP contribution in [0.25, 0.3) is 11.3 Å². The molecule has 0 spiro atoms. The summed E-state index contributed by atoms with van der Waals surface area (Å²) in [6.07, 6.45) is 2.57. The van der Waals surface area contributed by atoms with Gasteiger partial charge in [-0.15, -0.1) is 0 Å². The first-order valence-corrected chi connectivity index (χ1v) is 4.77. The Labute approximate surface area is 88.4 Å². The molecule has 0 radical (unpaired) electrons. The summed E-state index contributed by atoms with van der Waals surface area (Å²) in [5.74, 6) is 0. The maximum atomic E-state index is 10.9. The number of aromatic nitrogens is 2. The van der Waals surface area contributed by atoms with Crippen LogP contribution >= 0.6 is 0 Å². The van der Waals surface area contributed by atoms with Crippen molar-refractivity contribution in [1.82, 2.24) is 9.78 Å². The van der Waals surface area contributed by atoms with Crippen molar-refractivity contribution in [3.8, 4) is 11.3 Å². The number of aryl methyl sites for hydroxylation is 2. The first kappa shape index (κ1) is 9.65. The largest absolute Gasteiger partial charge is 0.298 e. The van der Waals surface area contributed by atoms with Crippen molar-refractivity contribution in [1.29, 1.82) is 0 Å². The molecule has 0 saturated heterocycles. The summed E-state index contributed by atoms with van der Waals surface area (Å²) < 4.78 is 1.66. The number of benzene rings is 1. The third-order valence-electron chi connectivity index (χ3n) is 2.38. The van der Waals surface area contributed by atoms with Crippen LogP contribution in [0, 0.1) is 6.92 Å². The number of carbonyl (C=O) groups is 1. The van der Waals surface area contributed by atoms with Gasteiger partial charge in [-0.3, -0.25) is 9.48 Å². The molecule has 2 aromatic rings. The van der Waals surface area contributed by atoms with E-state index in [1.807, 2.05) is 38.2 Å². The molecule has 2 rings (SSSR count). The molecular weight excluding hydrogens is 188 g/mol. The van der Waals surface area contributed by atoms with E-state index in [1.165, 1.54) is 0 Å². The zero-order chi connectivity index (χ0) is 10.8. The van der Waals surface area contributed by atoms with Gasteiger partial charge in [0.1, 0.15) is 5.69 Å². The molecule has 15 heavy (non-hydrogen) atoms. The molecule has 0 unspecified atom stereocenters. The van der Waals surface area contributed by atoms with Gasteiger partial charge in [-0.1, -0.05) is 24.3 Å². The normalized spacial score (nSPS) is 10.3. The van der Waals surface area contributed by atoms with E-state index in [4.69, 9.17) is 0 Å². The maximum Gasteiger partial charge on any atom is 0.153 e. The van der Waals surface area contributed by atoms with Crippen molar-refractivity contribution in [2.75, 3.05) is 0 Å². The minimum atomic E-state index is 0.631. The van der Waals surface area contributed by atoms with Crippen LogP contribution in [0.4, 0.5) is 0 Å². The molecular formula is C12H12N2O. The smallest absolute Gasteiger partial charge is 0.153 e. The SMILES string of the molecule is Cc1ccccc1-c1nn(C)cc1C=O. The van der Waals surface area contributed by atoms with Crippen LogP contribution in [0.5, 0.6) is 0 Å². The van der Waals surface area contributed by atoms with Crippen LogP contribution in [0.3, 0.4) is 0 Å². The molecule has 1 aromatic carbocycles. The predicted octanol–water partition coefficient (Wildman–Crippen LogP) is 2.21. The van der Waals surface area contributed by atoms with Gasteiger partial charge in [0.15, 0.2) is 6.29 Å². The summed E-state index contributed by atoms with van der Waals surface area (Å²) in [5, 5.41) is 4.30. The fourth-order valence-corrected chi connectivity index (χ4v) is 1.64.